The molecule has 1 saturated carbocycles. The summed E-state index contributed by atoms with van der Waals surface area (Å²) >= 11 is 0. The number of likely N-dealkylation sites (N-methyl/N-ethyl adjacent to an activating group) is 1. The molecule has 1 aliphatic heterocycles. The standard InChI is InChI=1S/C15H19N3O2.ClH/c1-18(9-14(19)17-13-4-5-13)15(20)10-2-3-11-7-16-8-12(11)6-10;/h2-3,6,13,16H,4-5,7-9H2,1H3,(H,17,19);1H. The molecule has 5 nitrogen and oxygen atoms in total. The minimum absolute atomic E-state index is 0. The molecular weight excluding hydrogens is 290 g/mol. The zero-order chi connectivity index (χ0) is 14.1. The zero-order valence-corrected chi connectivity index (χ0v) is 12.8. The Morgan fingerprint density at radius 2 is 2.00 bits per heavy atom. The van der Waals surface area contributed by atoms with Gasteiger partial charge in [-0.2, -0.15) is 0 Å². The Hall–Kier alpha value is -1.59. The lowest BCUT2D eigenvalue weighted by atomic mass is 10.1. The van der Waals surface area contributed by atoms with E-state index in [0.717, 1.165) is 25.9 Å². The lowest BCUT2D eigenvalue weighted by molar-refractivity contribution is -0.121. The van der Waals surface area contributed by atoms with Gasteiger partial charge in [0.2, 0.25) is 5.91 Å². The second-order valence-electron chi connectivity index (χ2n) is 5.59. The normalized spacial score (nSPS) is 15.9. The largest absolute Gasteiger partial charge is 0.352 e. The second kappa shape index (κ2) is 6.45. The van der Waals surface area contributed by atoms with Gasteiger partial charge in [0.05, 0.1) is 6.54 Å². The lowest BCUT2D eigenvalue weighted by Gasteiger charge is -2.17. The van der Waals surface area contributed by atoms with E-state index in [1.165, 1.54) is 16.0 Å². The van der Waals surface area contributed by atoms with Crippen molar-refractivity contribution in [2.45, 2.75) is 32.0 Å². The summed E-state index contributed by atoms with van der Waals surface area (Å²) < 4.78 is 0. The molecule has 3 rings (SSSR count). The van der Waals surface area contributed by atoms with Crippen LogP contribution in [0.25, 0.3) is 0 Å². The molecule has 0 unspecified atom stereocenters. The molecule has 6 heteroatoms. The summed E-state index contributed by atoms with van der Waals surface area (Å²) in [6.07, 6.45) is 2.11. The molecule has 0 radical (unpaired) electrons. The number of benzene rings is 1. The summed E-state index contributed by atoms with van der Waals surface area (Å²) in [5.74, 6) is -0.183. The van der Waals surface area contributed by atoms with Gasteiger partial charge in [-0.15, -0.1) is 12.4 Å². The molecule has 0 aromatic heterocycles. The smallest absolute Gasteiger partial charge is 0.254 e. The summed E-state index contributed by atoms with van der Waals surface area (Å²) in [5.41, 5.74) is 3.07. The summed E-state index contributed by atoms with van der Waals surface area (Å²) in [5, 5.41) is 6.14. The van der Waals surface area contributed by atoms with Crippen LogP contribution in [0.4, 0.5) is 0 Å². The highest BCUT2D eigenvalue weighted by atomic mass is 35.5. The molecule has 0 atom stereocenters. The van der Waals surface area contributed by atoms with E-state index in [-0.39, 0.29) is 30.8 Å². The van der Waals surface area contributed by atoms with E-state index >= 15 is 0 Å². The summed E-state index contributed by atoms with van der Waals surface area (Å²) in [6.45, 7) is 1.79. The van der Waals surface area contributed by atoms with E-state index in [2.05, 4.69) is 10.6 Å². The van der Waals surface area contributed by atoms with Crippen LogP contribution < -0.4 is 10.6 Å². The van der Waals surface area contributed by atoms with Crippen molar-refractivity contribution in [3.05, 3.63) is 34.9 Å². The van der Waals surface area contributed by atoms with Crippen LogP contribution >= 0.6 is 12.4 Å². The van der Waals surface area contributed by atoms with Crippen LogP contribution in [0.3, 0.4) is 0 Å². The number of carbonyl (C=O) groups excluding carboxylic acids is 2. The average molecular weight is 310 g/mol. The molecule has 0 spiro atoms. The van der Waals surface area contributed by atoms with Crippen LogP contribution in [0.2, 0.25) is 0 Å². The number of fused-ring (bicyclic) bond motifs is 1. The van der Waals surface area contributed by atoms with Gasteiger partial charge in [0.1, 0.15) is 0 Å². The van der Waals surface area contributed by atoms with Crippen molar-refractivity contribution in [1.82, 2.24) is 15.5 Å². The van der Waals surface area contributed by atoms with Gasteiger partial charge in [0.25, 0.3) is 5.91 Å². The highest BCUT2D eigenvalue weighted by Crippen LogP contribution is 2.19. The van der Waals surface area contributed by atoms with Gasteiger partial charge in [-0.25, -0.2) is 0 Å². The molecule has 2 amide bonds. The first-order valence-electron chi connectivity index (χ1n) is 7.01. The Bertz CT molecular complexity index is 558. The Morgan fingerprint density at radius 1 is 1.29 bits per heavy atom. The Balaban J connectivity index is 0.00000161. The summed E-state index contributed by atoms with van der Waals surface area (Å²) in [7, 11) is 1.67. The van der Waals surface area contributed by atoms with E-state index in [1.54, 1.807) is 7.05 Å². The van der Waals surface area contributed by atoms with Gasteiger partial charge >= 0.3 is 0 Å². The highest BCUT2D eigenvalue weighted by molar-refractivity contribution is 5.96. The molecule has 0 saturated heterocycles. The number of hydrogen-bond donors (Lipinski definition) is 2. The number of carbonyl (C=O) groups is 2. The van der Waals surface area contributed by atoms with Crippen LogP contribution in [-0.2, 0) is 17.9 Å². The molecule has 1 aromatic rings. The number of nitrogens with one attached hydrogen (secondary N) is 2. The minimum Gasteiger partial charge on any atom is -0.352 e. The van der Waals surface area contributed by atoms with Crippen molar-refractivity contribution >= 4 is 24.2 Å². The molecular formula is C15H20ClN3O2. The lowest BCUT2D eigenvalue weighted by Crippen LogP contribution is -2.39. The zero-order valence-electron chi connectivity index (χ0n) is 12.0. The van der Waals surface area contributed by atoms with Crippen molar-refractivity contribution in [2.75, 3.05) is 13.6 Å². The van der Waals surface area contributed by atoms with Gasteiger partial charge in [-0.1, -0.05) is 6.07 Å². The molecule has 1 heterocycles. The highest BCUT2D eigenvalue weighted by Gasteiger charge is 2.24. The first kappa shape index (κ1) is 15.8. The number of rotatable bonds is 4. The Morgan fingerprint density at radius 3 is 2.71 bits per heavy atom. The fourth-order valence-electron chi connectivity index (χ4n) is 2.44. The van der Waals surface area contributed by atoms with Gasteiger partial charge in [0, 0.05) is 31.7 Å². The molecule has 114 valence electrons. The fraction of sp³-hybridized carbons (Fsp3) is 0.467. The SMILES string of the molecule is CN(CC(=O)NC1CC1)C(=O)c1ccc2c(c1)CNC2.Cl. The topological polar surface area (TPSA) is 61.4 Å². The van der Waals surface area contributed by atoms with Crippen LogP contribution in [0.5, 0.6) is 0 Å². The van der Waals surface area contributed by atoms with Gasteiger partial charge < -0.3 is 15.5 Å². The van der Waals surface area contributed by atoms with E-state index in [0.29, 0.717) is 11.6 Å². The Kier molecular flexibility index (Phi) is 4.85. The quantitative estimate of drug-likeness (QED) is 0.874. The number of hydrogen-bond acceptors (Lipinski definition) is 3. The minimum atomic E-state index is -0.106. The van der Waals surface area contributed by atoms with Gasteiger partial charge in [-0.3, -0.25) is 9.59 Å². The van der Waals surface area contributed by atoms with Crippen molar-refractivity contribution in [2.24, 2.45) is 0 Å². The van der Waals surface area contributed by atoms with E-state index in [4.69, 9.17) is 0 Å². The molecule has 2 aliphatic rings. The number of halogens is 1. The van der Waals surface area contributed by atoms with Crippen LogP contribution in [0, 0.1) is 0 Å². The fourth-order valence-corrected chi connectivity index (χ4v) is 2.44. The number of nitrogens with zero attached hydrogens (tertiary/aromatic N) is 1. The summed E-state index contributed by atoms with van der Waals surface area (Å²) in [4.78, 5) is 25.5. The van der Waals surface area contributed by atoms with Crippen LogP contribution in [-0.4, -0.2) is 36.3 Å². The van der Waals surface area contributed by atoms with E-state index in [9.17, 15) is 9.59 Å². The second-order valence-corrected chi connectivity index (χ2v) is 5.59. The maximum Gasteiger partial charge on any atom is 0.254 e. The molecule has 0 bridgehead atoms. The first-order chi connectivity index (χ1) is 9.63. The monoisotopic (exact) mass is 309 g/mol. The van der Waals surface area contributed by atoms with Crippen molar-refractivity contribution in [3.8, 4) is 0 Å². The molecule has 21 heavy (non-hydrogen) atoms. The van der Waals surface area contributed by atoms with Crippen molar-refractivity contribution in [1.29, 1.82) is 0 Å². The van der Waals surface area contributed by atoms with Crippen LogP contribution in [0.1, 0.15) is 34.3 Å². The predicted molar refractivity (Wildman–Crippen MR) is 82.4 cm³/mol. The van der Waals surface area contributed by atoms with E-state index in [1.807, 2.05) is 18.2 Å². The third-order valence-electron chi connectivity index (χ3n) is 3.75. The molecule has 1 fully saturated rings. The average Bonchev–Trinajstić information content (AvgIpc) is 3.11. The van der Waals surface area contributed by atoms with Gasteiger partial charge in [0.15, 0.2) is 0 Å². The third kappa shape index (κ3) is 3.74. The maximum atomic E-state index is 12.3. The number of amides is 2. The van der Waals surface area contributed by atoms with Crippen LogP contribution in [0.15, 0.2) is 18.2 Å². The molecule has 2 N–H and O–H groups in total. The molecule has 1 aliphatic carbocycles. The Labute approximate surface area is 130 Å². The third-order valence-corrected chi connectivity index (χ3v) is 3.75. The maximum absolute atomic E-state index is 12.3. The van der Waals surface area contributed by atoms with Crippen molar-refractivity contribution < 1.29 is 9.59 Å². The van der Waals surface area contributed by atoms with Gasteiger partial charge in [-0.05, 0) is 36.1 Å². The van der Waals surface area contributed by atoms with Crippen molar-refractivity contribution in [3.63, 3.8) is 0 Å². The first-order valence-corrected chi connectivity index (χ1v) is 7.01. The predicted octanol–water partition coefficient (Wildman–Crippen LogP) is 1.06. The summed E-state index contributed by atoms with van der Waals surface area (Å²) in [6, 6.07) is 6.08. The van der Waals surface area contributed by atoms with E-state index < -0.39 is 0 Å². The molecule has 1 aromatic carbocycles.